The molecule has 1 aromatic heterocycles. The molecule has 0 aliphatic carbocycles. The third-order valence-corrected chi connectivity index (χ3v) is 2.85. The van der Waals surface area contributed by atoms with Crippen LogP contribution in [0.2, 0.25) is 0 Å². The number of aromatic nitrogens is 1. The van der Waals surface area contributed by atoms with Crippen LogP contribution in [-0.2, 0) is 6.54 Å². The molecule has 1 N–H and O–H groups in total. The van der Waals surface area contributed by atoms with Gasteiger partial charge in [-0.2, -0.15) is 0 Å². The Bertz CT molecular complexity index is 361. The van der Waals surface area contributed by atoms with E-state index in [1.807, 2.05) is 18.3 Å². The number of ether oxygens (including phenoxy) is 1. The standard InChI is InChI=1S/C12H17N3O/c1-16-12-6-5-10(8-14-12)9-15-7-3-2-4-11(15)13/h5-6,8,13H,2-4,7,9H2,1H3. The summed E-state index contributed by atoms with van der Waals surface area (Å²) in [6, 6.07) is 3.87. The first-order chi connectivity index (χ1) is 7.79. The summed E-state index contributed by atoms with van der Waals surface area (Å²) >= 11 is 0. The molecule has 1 fully saturated rings. The molecule has 2 rings (SSSR count). The molecule has 0 atom stereocenters. The van der Waals surface area contributed by atoms with Crippen molar-refractivity contribution in [3.05, 3.63) is 23.9 Å². The summed E-state index contributed by atoms with van der Waals surface area (Å²) in [6.45, 7) is 1.78. The molecule has 4 nitrogen and oxygen atoms in total. The lowest BCUT2D eigenvalue weighted by Crippen LogP contribution is -2.34. The Morgan fingerprint density at radius 2 is 2.31 bits per heavy atom. The van der Waals surface area contributed by atoms with E-state index in [1.54, 1.807) is 7.11 Å². The van der Waals surface area contributed by atoms with Crippen molar-refractivity contribution in [2.75, 3.05) is 13.7 Å². The van der Waals surface area contributed by atoms with Crippen molar-refractivity contribution in [2.45, 2.75) is 25.8 Å². The predicted octanol–water partition coefficient (Wildman–Crippen LogP) is 2.05. The number of rotatable bonds is 3. The number of amidine groups is 1. The van der Waals surface area contributed by atoms with E-state index in [9.17, 15) is 0 Å². The Balaban J connectivity index is 1.99. The minimum Gasteiger partial charge on any atom is -0.481 e. The minimum atomic E-state index is 0.637. The monoisotopic (exact) mass is 219 g/mol. The highest BCUT2D eigenvalue weighted by Crippen LogP contribution is 2.15. The molecule has 0 bridgehead atoms. The minimum absolute atomic E-state index is 0.637. The summed E-state index contributed by atoms with van der Waals surface area (Å²) in [4.78, 5) is 6.29. The number of piperidine rings is 1. The number of hydrogen-bond donors (Lipinski definition) is 1. The first kappa shape index (κ1) is 10.9. The van der Waals surface area contributed by atoms with E-state index in [1.165, 1.54) is 6.42 Å². The van der Waals surface area contributed by atoms with Crippen molar-refractivity contribution in [3.8, 4) is 5.88 Å². The second-order valence-corrected chi connectivity index (χ2v) is 4.03. The lowest BCUT2D eigenvalue weighted by molar-refractivity contribution is 0.359. The molecule has 86 valence electrons. The van der Waals surface area contributed by atoms with Gasteiger partial charge in [-0.1, -0.05) is 6.07 Å². The number of nitrogens with one attached hydrogen (secondary N) is 1. The van der Waals surface area contributed by atoms with Gasteiger partial charge < -0.3 is 9.64 Å². The van der Waals surface area contributed by atoms with Crippen molar-refractivity contribution in [1.82, 2.24) is 9.88 Å². The Hall–Kier alpha value is -1.58. The van der Waals surface area contributed by atoms with Crippen LogP contribution in [0.25, 0.3) is 0 Å². The molecule has 0 radical (unpaired) electrons. The third-order valence-electron chi connectivity index (χ3n) is 2.85. The van der Waals surface area contributed by atoms with Crippen LogP contribution in [0, 0.1) is 5.41 Å². The molecule has 1 aromatic rings. The maximum Gasteiger partial charge on any atom is 0.212 e. The zero-order chi connectivity index (χ0) is 11.4. The Morgan fingerprint density at radius 1 is 1.44 bits per heavy atom. The van der Waals surface area contributed by atoms with Gasteiger partial charge in [0.25, 0.3) is 0 Å². The number of hydrogen-bond acceptors (Lipinski definition) is 3. The highest BCUT2D eigenvalue weighted by atomic mass is 16.5. The van der Waals surface area contributed by atoms with E-state index >= 15 is 0 Å². The summed E-state index contributed by atoms with van der Waals surface area (Å²) < 4.78 is 5.01. The maximum absolute atomic E-state index is 7.85. The van der Waals surface area contributed by atoms with Gasteiger partial charge in [0.15, 0.2) is 0 Å². The van der Waals surface area contributed by atoms with Crippen LogP contribution in [0.5, 0.6) is 5.88 Å². The summed E-state index contributed by atoms with van der Waals surface area (Å²) in [5, 5.41) is 7.85. The fourth-order valence-electron chi connectivity index (χ4n) is 1.91. The average Bonchev–Trinajstić information content (AvgIpc) is 2.33. The predicted molar refractivity (Wildman–Crippen MR) is 62.8 cm³/mol. The van der Waals surface area contributed by atoms with Gasteiger partial charge in [-0.05, 0) is 18.4 Å². The fraction of sp³-hybridized carbons (Fsp3) is 0.500. The van der Waals surface area contributed by atoms with E-state index in [2.05, 4.69) is 9.88 Å². The average molecular weight is 219 g/mol. The first-order valence-corrected chi connectivity index (χ1v) is 5.61. The van der Waals surface area contributed by atoms with Crippen LogP contribution >= 0.6 is 0 Å². The van der Waals surface area contributed by atoms with E-state index in [0.29, 0.717) is 5.88 Å². The van der Waals surface area contributed by atoms with Crippen LogP contribution in [0.1, 0.15) is 24.8 Å². The molecule has 2 heterocycles. The number of pyridine rings is 1. The largest absolute Gasteiger partial charge is 0.481 e. The second-order valence-electron chi connectivity index (χ2n) is 4.03. The molecule has 0 saturated carbocycles. The molecule has 0 aromatic carbocycles. The molecule has 1 saturated heterocycles. The van der Waals surface area contributed by atoms with Gasteiger partial charge in [-0.15, -0.1) is 0 Å². The van der Waals surface area contributed by atoms with Crippen LogP contribution < -0.4 is 4.74 Å². The van der Waals surface area contributed by atoms with Crippen LogP contribution in [0.15, 0.2) is 18.3 Å². The van der Waals surface area contributed by atoms with Crippen molar-refractivity contribution < 1.29 is 4.74 Å². The third kappa shape index (κ3) is 2.51. The number of likely N-dealkylation sites (tertiary alicyclic amines) is 1. The summed E-state index contributed by atoms with van der Waals surface area (Å²) in [5.74, 6) is 1.39. The highest BCUT2D eigenvalue weighted by Gasteiger charge is 2.14. The molecule has 0 unspecified atom stereocenters. The lowest BCUT2D eigenvalue weighted by Gasteiger charge is -2.29. The topological polar surface area (TPSA) is 49.2 Å². The van der Waals surface area contributed by atoms with Crippen molar-refractivity contribution in [3.63, 3.8) is 0 Å². The Kier molecular flexibility index (Phi) is 3.39. The first-order valence-electron chi connectivity index (χ1n) is 5.61. The van der Waals surface area contributed by atoms with E-state index < -0.39 is 0 Å². The van der Waals surface area contributed by atoms with Crippen molar-refractivity contribution in [1.29, 1.82) is 5.41 Å². The van der Waals surface area contributed by atoms with Gasteiger partial charge in [0.1, 0.15) is 0 Å². The molecule has 1 aliphatic rings. The molecule has 0 spiro atoms. The van der Waals surface area contributed by atoms with Gasteiger partial charge in [-0.25, -0.2) is 4.98 Å². The molecule has 0 amide bonds. The SMILES string of the molecule is COc1ccc(CN2CCCCC2=N)cn1. The Morgan fingerprint density at radius 3 is 2.94 bits per heavy atom. The smallest absolute Gasteiger partial charge is 0.212 e. The normalized spacial score (nSPS) is 16.3. The quantitative estimate of drug-likeness (QED) is 0.846. The highest BCUT2D eigenvalue weighted by molar-refractivity contribution is 5.79. The molecular weight excluding hydrogens is 202 g/mol. The van der Waals surface area contributed by atoms with Crippen LogP contribution in [-0.4, -0.2) is 29.4 Å². The number of methoxy groups -OCH3 is 1. The second kappa shape index (κ2) is 4.96. The fourth-order valence-corrected chi connectivity index (χ4v) is 1.91. The Labute approximate surface area is 95.8 Å². The van der Waals surface area contributed by atoms with Gasteiger partial charge in [-0.3, -0.25) is 5.41 Å². The lowest BCUT2D eigenvalue weighted by atomic mass is 10.1. The van der Waals surface area contributed by atoms with Crippen LogP contribution in [0.3, 0.4) is 0 Å². The van der Waals surface area contributed by atoms with Gasteiger partial charge in [0.2, 0.25) is 5.88 Å². The summed E-state index contributed by atoms with van der Waals surface area (Å²) in [7, 11) is 1.61. The summed E-state index contributed by atoms with van der Waals surface area (Å²) in [5.41, 5.74) is 1.13. The zero-order valence-electron chi connectivity index (χ0n) is 9.57. The number of nitrogens with zero attached hydrogens (tertiary/aromatic N) is 2. The van der Waals surface area contributed by atoms with Gasteiger partial charge in [0.05, 0.1) is 12.9 Å². The van der Waals surface area contributed by atoms with Gasteiger partial charge in [0, 0.05) is 31.8 Å². The maximum atomic E-state index is 7.85. The zero-order valence-corrected chi connectivity index (χ0v) is 9.57. The van der Waals surface area contributed by atoms with Crippen molar-refractivity contribution >= 4 is 5.84 Å². The molecular formula is C12H17N3O. The van der Waals surface area contributed by atoms with Crippen molar-refractivity contribution in [2.24, 2.45) is 0 Å². The molecule has 4 heteroatoms. The molecule has 1 aliphatic heterocycles. The summed E-state index contributed by atoms with van der Waals surface area (Å²) in [6.07, 6.45) is 5.06. The molecule has 16 heavy (non-hydrogen) atoms. The van der Waals surface area contributed by atoms with Crippen LogP contribution in [0.4, 0.5) is 0 Å². The van der Waals surface area contributed by atoms with Gasteiger partial charge >= 0.3 is 0 Å². The van der Waals surface area contributed by atoms with E-state index in [4.69, 9.17) is 10.1 Å². The van der Waals surface area contributed by atoms with E-state index in [0.717, 1.165) is 37.3 Å². The van der Waals surface area contributed by atoms with E-state index in [-0.39, 0.29) is 0 Å².